The highest BCUT2D eigenvalue weighted by molar-refractivity contribution is 7.22. The van der Waals surface area contributed by atoms with Gasteiger partial charge >= 0.3 is 0 Å². The summed E-state index contributed by atoms with van der Waals surface area (Å²) in [6.07, 6.45) is 6.87. The van der Waals surface area contributed by atoms with Crippen LogP contribution < -0.4 is 5.56 Å². The summed E-state index contributed by atoms with van der Waals surface area (Å²) < 4.78 is 13.2. The zero-order chi connectivity index (χ0) is 22.0. The number of allylic oxidation sites excluding steroid dienone is 4. The predicted octanol–water partition coefficient (Wildman–Crippen LogP) is 4.83. The van der Waals surface area contributed by atoms with E-state index in [0.29, 0.717) is 38.9 Å². The van der Waals surface area contributed by atoms with Gasteiger partial charge in [-0.2, -0.15) is 0 Å². The van der Waals surface area contributed by atoms with Crippen LogP contribution in [0.2, 0.25) is 5.02 Å². The molecule has 160 valence electrons. The Hall–Kier alpha value is -2.87. The number of ether oxygens (including phenoxy) is 2. The normalized spacial score (nSPS) is 15.0. The van der Waals surface area contributed by atoms with E-state index in [9.17, 15) is 9.90 Å². The number of aromatic nitrogens is 2. The van der Waals surface area contributed by atoms with Crippen molar-refractivity contribution in [1.82, 2.24) is 9.55 Å². The number of halogens is 1. The van der Waals surface area contributed by atoms with E-state index in [4.69, 9.17) is 21.1 Å². The van der Waals surface area contributed by atoms with Crippen LogP contribution in [0.15, 0.2) is 71.2 Å². The van der Waals surface area contributed by atoms with Gasteiger partial charge in [-0.1, -0.05) is 29.8 Å². The molecule has 2 aromatic heterocycles. The summed E-state index contributed by atoms with van der Waals surface area (Å²) in [5.74, 6) is 0.978. The average molecular weight is 457 g/mol. The molecule has 0 saturated heterocycles. The van der Waals surface area contributed by atoms with Crippen LogP contribution in [0.1, 0.15) is 13.3 Å². The summed E-state index contributed by atoms with van der Waals surface area (Å²) in [6, 6.07) is 9.42. The number of benzene rings is 1. The van der Waals surface area contributed by atoms with E-state index in [-0.39, 0.29) is 12.2 Å². The van der Waals surface area contributed by atoms with Gasteiger partial charge in [0.2, 0.25) is 0 Å². The SMILES string of the molecule is COC1=C(OCC(C)O)C=CCC(n2cnc3cc(-c4ccc(Cl)cc4)sc3c2=O)=C1. The number of hydrogen-bond acceptors (Lipinski definition) is 6. The van der Waals surface area contributed by atoms with Gasteiger partial charge in [-0.25, -0.2) is 4.98 Å². The maximum Gasteiger partial charge on any atom is 0.275 e. The number of rotatable bonds is 6. The molecule has 31 heavy (non-hydrogen) atoms. The number of methoxy groups -OCH3 is 1. The molecule has 1 aliphatic rings. The standard InChI is InChI=1S/C23H21ClN2O4S/c1-14(27)12-30-19-5-3-4-17(10-20(19)29-2)26-13-25-18-11-21(31-22(18)23(26)28)15-6-8-16(24)9-7-15/h3,5-11,13-14,27H,4,12H2,1-2H3. The summed E-state index contributed by atoms with van der Waals surface area (Å²) in [7, 11) is 1.54. The Morgan fingerprint density at radius 1 is 1.29 bits per heavy atom. The smallest absolute Gasteiger partial charge is 0.275 e. The molecule has 1 aromatic carbocycles. The lowest BCUT2D eigenvalue weighted by atomic mass is 10.2. The molecular formula is C23H21ClN2O4S. The Bertz CT molecular complexity index is 1250. The molecule has 2 heterocycles. The van der Waals surface area contributed by atoms with Crippen LogP contribution in [-0.2, 0) is 9.47 Å². The number of fused-ring (bicyclic) bond motifs is 1. The molecule has 3 aromatic rings. The first-order chi connectivity index (χ1) is 15.0. The van der Waals surface area contributed by atoms with E-state index >= 15 is 0 Å². The fourth-order valence-electron chi connectivity index (χ4n) is 3.18. The lowest BCUT2D eigenvalue weighted by Crippen LogP contribution is -2.19. The second-order valence-electron chi connectivity index (χ2n) is 7.09. The highest BCUT2D eigenvalue weighted by atomic mass is 35.5. The van der Waals surface area contributed by atoms with E-state index in [1.54, 1.807) is 19.1 Å². The number of aliphatic hydroxyl groups excluding tert-OH is 1. The Morgan fingerprint density at radius 3 is 2.77 bits per heavy atom. The monoisotopic (exact) mass is 456 g/mol. The Labute approximate surface area is 188 Å². The summed E-state index contributed by atoms with van der Waals surface area (Å²) in [5, 5.41) is 10.2. The van der Waals surface area contributed by atoms with Crippen LogP contribution in [0.25, 0.3) is 26.4 Å². The molecule has 0 bridgehead atoms. The third-order valence-electron chi connectivity index (χ3n) is 4.71. The first-order valence-electron chi connectivity index (χ1n) is 9.70. The van der Waals surface area contributed by atoms with Crippen LogP contribution in [0.5, 0.6) is 0 Å². The van der Waals surface area contributed by atoms with Crippen molar-refractivity contribution in [2.45, 2.75) is 19.4 Å². The highest BCUT2D eigenvalue weighted by Crippen LogP contribution is 2.32. The van der Waals surface area contributed by atoms with Gasteiger partial charge in [0.05, 0.1) is 18.7 Å². The summed E-state index contributed by atoms with van der Waals surface area (Å²) >= 11 is 7.39. The van der Waals surface area contributed by atoms with Crippen molar-refractivity contribution < 1.29 is 14.6 Å². The van der Waals surface area contributed by atoms with Gasteiger partial charge < -0.3 is 14.6 Å². The second kappa shape index (κ2) is 9.09. The van der Waals surface area contributed by atoms with Crippen LogP contribution in [0, 0.1) is 0 Å². The maximum atomic E-state index is 13.3. The number of aliphatic hydroxyl groups is 1. The van der Waals surface area contributed by atoms with Crippen molar-refractivity contribution in [2.75, 3.05) is 13.7 Å². The molecule has 8 heteroatoms. The van der Waals surface area contributed by atoms with Gasteiger partial charge in [0.25, 0.3) is 5.56 Å². The van der Waals surface area contributed by atoms with Crippen LogP contribution >= 0.6 is 22.9 Å². The van der Waals surface area contributed by atoms with Gasteiger partial charge in [0.15, 0.2) is 11.5 Å². The molecule has 0 amide bonds. The van der Waals surface area contributed by atoms with E-state index in [1.807, 2.05) is 36.4 Å². The number of nitrogens with zero attached hydrogens (tertiary/aromatic N) is 2. The Kier molecular flexibility index (Phi) is 6.27. The molecule has 1 N–H and O–H groups in total. The summed E-state index contributed by atoms with van der Waals surface area (Å²) in [5.41, 5.74) is 2.21. The van der Waals surface area contributed by atoms with Crippen LogP contribution in [0.4, 0.5) is 0 Å². The number of thiophene rings is 1. The minimum atomic E-state index is -0.603. The van der Waals surface area contributed by atoms with E-state index in [1.165, 1.54) is 29.3 Å². The lowest BCUT2D eigenvalue weighted by Gasteiger charge is -2.12. The molecule has 6 nitrogen and oxygen atoms in total. The molecule has 0 aliphatic heterocycles. The van der Waals surface area contributed by atoms with Crippen molar-refractivity contribution >= 4 is 38.9 Å². The van der Waals surface area contributed by atoms with Crippen LogP contribution in [-0.4, -0.2) is 34.5 Å². The van der Waals surface area contributed by atoms with Crippen molar-refractivity contribution in [3.63, 3.8) is 0 Å². The van der Waals surface area contributed by atoms with Crippen LogP contribution in [0.3, 0.4) is 0 Å². The van der Waals surface area contributed by atoms with E-state index in [2.05, 4.69) is 4.98 Å². The van der Waals surface area contributed by atoms with E-state index in [0.717, 1.165) is 10.4 Å². The summed E-state index contributed by atoms with van der Waals surface area (Å²) in [4.78, 5) is 18.7. The van der Waals surface area contributed by atoms with Gasteiger partial charge in [0.1, 0.15) is 17.6 Å². The second-order valence-corrected chi connectivity index (χ2v) is 8.58. The quantitative estimate of drug-likeness (QED) is 0.574. The highest BCUT2D eigenvalue weighted by Gasteiger charge is 2.16. The molecule has 1 unspecified atom stereocenters. The molecular weight excluding hydrogens is 436 g/mol. The Balaban J connectivity index is 1.74. The van der Waals surface area contributed by atoms with Crippen molar-refractivity contribution in [1.29, 1.82) is 0 Å². The topological polar surface area (TPSA) is 73.6 Å². The molecule has 0 spiro atoms. The van der Waals surface area contributed by atoms with Gasteiger partial charge in [-0.05, 0) is 36.8 Å². The van der Waals surface area contributed by atoms with Crippen molar-refractivity contribution in [3.8, 4) is 10.4 Å². The fourth-order valence-corrected chi connectivity index (χ4v) is 4.35. The minimum Gasteiger partial charge on any atom is -0.493 e. The van der Waals surface area contributed by atoms with E-state index < -0.39 is 6.10 Å². The van der Waals surface area contributed by atoms with Gasteiger partial charge in [-0.15, -0.1) is 11.3 Å². The van der Waals surface area contributed by atoms with Crippen molar-refractivity contribution in [3.05, 3.63) is 81.8 Å². The molecule has 1 atom stereocenters. The molecule has 0 fully saturated rings. The fraction of sp³-hybridized carbons (Fsp3) is 0.217. The molecule has 4 rings (SSSR count). The van der Waals surface area contributed by atoms with Gasteiger partial charge in [0, 0.05) is 28.1 Å². The largest absolute Gasteiger partial charge is 0.493 e. The first kappa shape index (κ1) is 21.4. The molecule has 0 radical (unpaired) electrons. The molecule has 1 aliphatic carbocycles. The predicted molar refractivity (Wildman–Crippen MR) is 124 cm³/mol. The Morgan fingerprint density at radius 2 is 2.06 bits per heavy atom. The summed E-state index contributed by atoms with van der Waals surface area (Å²) in [6.45, 7) is 1.79. The maximum absolute atomic E-state index is 13.3. The van der Waals surface area contributed by atoms with Gasteiger partial charge in [-0.3, -0.25) is 9.36 Å². The number of hydrogen-bond donors (Lipinski definition) is 1. The van der Waals surface area contributed by atoms with Crippen molar-refractivity contribution in [2.24, 2.45) is 0 Å². The molecule has 0 saturated carbocycles. The third kappa shape index (κ3) is 4.58. The third-order valence-corrected chi connectivity index (χ3v) is 6.13. The lowest BCUT2D eigenvalue weighted by molar-refractivity contribution is 0.0822. The minimum absolute atomic E-state index is 0.140. The zero-order valence-corrected chi connectivity index (χ0v) is 18.6. The average Bonchev–Trinajstić information content (AvgIpc) is 3.09. The first-order valence-corrected chi connectivity index (χ1v) is 10.9. The zero-order valence-electron chi connectivity index (χ0n) is 17.0.